The Morgan fingerprint density at radius 1 is 0.586 bits per heavy atom. The van der Waals surface area contributed by atoms with Gasteiger partial charge < -0.3 is 4.98 Å². The minimum Gasteiger partial charge on any atom is -0.304 e. The fraction of sp³-hybridized carbons (Fsp3) is 0.389. The Kier molecular flexibility index (Phi) is 18.9. The van der Waals surface area contributed by atoms with Crippen LogP contribution < -0.4 is 0 Å². The zero-order chi connectivity index (χ0) is 41.8. The molecule has 0 aliphatic carbocycles. The van der Waals surface area contributed by atoms with Gasteiger partial charge >= 0.3 is 20.1 Å². The predicted octanol–water partition coefficient (Wildman–Crippen LogP) is 14.7. The molecule has 6 rings (SSSR count). The fourth-order valence-corrected chi connectivity index (χ4v) is 7.59. The molecule has 0 saturated heterocycles. The molecular weight excluding hydrogens is 887 g/mol. The van der Waals surface area contributed by atoms with Gasteiger partial charge in [0.2, 0.25) is 0 Å². The number of fused-ring (bicyclic) bond motifs is 2. The molecule has 4 heteroatoms. The standard InChI is InChI=1S/C21H20.C20H20N.C13H24O2.Ir/c1-14(2)17-8-9-21-18(13-17)6-5-7-20(21)19-11-15(3)10-16(4)12-19;1-13(2)16-5-6-19-17(12-16)7-8-21-20(19)18-10-14(3)9-15(4)11-18;1-5-10(6-2)12(14)9-13(15)11(7-3)8-4;/h5-6,8-11,13-14H,1-4H3;5-10,12-13H,1-4H3;10-11H,5-9H2,1-4H3;/q-2;-1;;+3. The molecule has 0 unspecified atom stereocenters. The number of rotatable bonds is 12. The molecule has 3 nitrogen and oxygen atoms in total. The van der Waals surface area contributed by atoms with Crippen LogP contribution >= 0.6 is 0 Å². The summed E-state index contributed by atoms with van der Waals surface area (Å²) < 4.78 is 0. The smallest absolute Gasteiger partial charge is 0.304 e. The number of hydrogen-bond donors (Lipinski definition) is 0. The van der Waals surface area contributed by atoms with Crippen molar-refractivity contribution in [1.82, 2.24) is 4.98 Å². The van der Waals surface area contributed by atoms with Crippen LogP contribution in [0.1, 0.15) is 133 Å². The Balaban J connectivity index is 0.000000235. The van der Waals surface area contributed by atoms with Crippen LogP contribution in [0.3, 0.4) is 0 Å². The number of Topliss-reactive ketones (excluding diaryl/α,β-unsaturated/α-hetero) is 2. The van der Waals surface area contributed by atoms with Gasteiger partial charge in [0.05, 0.1) is 6.42 Å². The Bertz CT molecular complexity index is 2070. The van der Waals surface area contributed by atoms with E-state index in [-0.39, 0.29) is 49.9 Å². The third kappa shape index (κ3) is 12.9. The maximum atomic E-state index is 11.7. The van der Waals surface area contributed by atoms with Gasteiger partial charge in [-0.3, -0.25) is 9.59 Å². The SMILES string of the molecule is CCC(CC)C(=O)CC(=O)C(CC)CC.Cc1[c-]c(-c2[c-]ccc3cc(C(C)C)ccc23)cc(C)c1.Cc1[c-]c(-c2nccc3cc(C(C)C)ccc23)cc(C)c1.[Ir+3]. The van der Waals surface area contributed by atoms with Gasteiger partial charge in [-0.05, 0) is 71.2 Å². The number of ketones is 2. The predicted molar refractivity (Wildman–Crippen MR) is 243 cm³/mol. The van der Waals surface area contributed by atoms with Crippen molar-refractivity contribution >= 4 is 33.1 Å². The van der Waals surface area contributed by atoms with E-state index in [4.69, 9.17) is 0 Å². The van der Waals surface area contributed by atoms with Gasteiger partial charge in [-0.15, -0.1) is 75.0 Å². The van der Waals surface area contributed by atoms with Crippen molar-refractivity contribution in [2.24, 2.45) is 11.8 Å². The number of hydrogen-bond acceptors (Lipinski definition) is 3. The normalized spacial score (nSPS) is 11.0. The van der Waals surface area contributed by atoms with Crippen LogP contribution in [0.2, 0.25) is 0 Å². The minimum absolute atomic E-state index is 0. The molecule has 1 aromatic heterocycles. The van der Waals surface area contributed by atoms with Crippen molar-refractivity contribution in [3.8, 4) is 22.4 Å². The number of nitrogens with zero attached hydrogens (tertiary/aromatic N) is 1. The average molecular weight is 951 g/mol. The van der Waals surface area contributed by atoms with E-state index in [0.29, 0.717) is 11.8 Å². The van der Waals surface area contributed by atoms with Crippen LogP contribution in [-0.2, 0) is 29.7 Å². The Labute approximate surface area is 363 Å². The summed E-state index contributed by atoms with van der Waals surface area (Å²) in [6.45, 7) is 25.4. The molecule has 0 aliphatic heterocycles. The van der Waals surface area contributed by atoms with E-state index in [1.165, 1.54) is 49.4 Å². The molecule has 0 atom stereocenters. The number of carbonyl (C=O) groups is 2. The first-order chi connectivity index (χ1) is 27.2. The van der Waals surface area contributed by atoms with Crippen molar-refractivity contribution in [2.45, 2.75) is 127 Å². The zero-order valence-corrected chi connectivity index (χ0v) is 39.4. The molecule has 58 heavy (non-hydrogen) atoms. The molecule has 1 heterocycles. The van der Waals surface area contributed by atoms with Crippen molar-refractivity contribution in [3.05, 3.63) is 137 Å². The maximum absolute atomic E-state index is 11.7. The second-order valence-corrected chi connectivity index (χ2v) is 16.3. The van der Waals surface area contributed by atoms with Crippen molar-refractivity contribution in [1.29, 1.82) is 0 Å². The summed E-state index contributed by atoms with van der Waals surface area (Å²) in [6, 6.07) is 38.6. The van der Waals surface area contributed by atoms with Crippen LogP contribution in [0, 0.1) is 57.7 Å². The molecule has 0 saturated carbocycles. The zero-order valence-electron chi connectivity index (χ0n) is 37.0. The summed E-state index contributed by atoms with van der Waals surface area (Å²) in [5.41, 5.74) is 12.0. The van der Waals surface area contributed by atoms with Gasteiger partial charge in [0, 0.05) is 18.0 Å². The summed E-state index contributed by atoms with van der Waals surface area (Å²) in [5.74, 6) is 1.54. The van der Waals surface area contributed by atoms with Crippen LogP contribution in [0.25, 0.3) is 43.9 Å². The molecule has 0 fully saturated rings. The molecular formula is C54H64IrNO2. The number of benzene rings is 5. The van der Waals surface area contributed by atoms with Gasteiger partial charge in [0.25, 0.3) is 0 Å². The largest absolute Gasteiger partial charge is 3.00 e. The van der Waals surface area contributed by atoms with E-state index < -0.39 is 0 Å². The number of carbonyl (C=O) groups excluding carboxylic acids is 2. The molecule has 0 spiro atoms. The quantitative estimate of drug-likeness (QED) is 0.0907. The molecule has 0 bridgehead atoms. The third-order valence-electron chi connectivity index (χ3n) is 11.0. The van der Waals surface area contributed by atoms with Gasteiger partial charge in [-0.1, -0.05) is 113 Å². The first kappa shape index (κ1) is 48.1. The third-order valence-corrected chi connectivity index (χ3v) is 11.0. The monoisotopic (exact) mass is 951 g/mol. The molecule has 5 aromatic carbocycles. The van der Waals surface area contributed by atoms with Gasteiger partial charge in [-0.2, -0.15) is 24.3 Å². The first-order valence-electron chi connectivity index (χ1n) is 21.1. The number of aromatic nitrogens is 1. The fourth-order valence-electron chi connectivity index (χ4n) is 7.59. The van der Waals surface area contributed by atoms with Crippen molar-refractivity contribution < 1.29 is 29.7 Å². The summed E-state index contributed by atoms with van der Waals surface area (Å²) in [5, 5.41) is 4.98. The minimum atomic E-state index is 0. The van der Waals surface area contributed by atoms with E-state index in [9.17, 15) is 9.59 Å². The molecule has 0 aliphatic rings. The second kappa shape index (κ2) is 22.8. The van der Waals surface area contributed by atoms with Crippen molar-refractivity contribution in [3.63, 3.8) is 0 Å². The van der Waals surface area contributed by atoms with Crippen LogP contribution in [0.15, 0.2) is 85.1 Å². The maximum Gasteiger partial charge on any atom is 3.00 e. The molecule has 0 amide bonds. The van der Waals surface area contributed by atoms with Gasteiger partial charge in [0.15, 0.2) is 0 Å². The van der Waals surface area contributed by atoms with E-state index in [1.807, 2.05) is 40.0 Å². The van der Waals surface area contributed by atoms with Crippen LogP contribution in [-0.4, -0.2) is 16.6 Å². The molecule has 6 aromatic rings. The number of aryl methyl sites for hydroxylation is 4. The Morgan fingerprint density at radius 2 is 1.05 bits per heavy atom. The van der Waals surface area contributed by atoms with Crippen LogP contribution in [0.5, 0.6) is 0 Å². The summed E-state index contributed by atoms with van der Waals surface area (Å²) in [6.07, 6.45) is 5.46. The molecule has 0 N–H and O–H groups in total. The average Bonchev–Trinajstić information content (AvgIpc) is 3.17. The molecule has 0 radical (unpaired) electrons. The second-order valence-electron chi connectivity index (χ2n) is 16.3. The van der Waals surface area contributed by atoms with E-state index in [2.05, 4.69) is 151 Å². The van der Waals surface area contributed by atoms with E-state index in [0.717, 1.165) is 53.6 Å². The van der Waals surface area contributed by atoms with Crippen molar-refractivity contribution in [2.75, 3.05) is 0 Å². The summed E-state index contributed by atoms with van der Waals surface area (Å²) in [7, 11) is 0. The molecule has 306 valence electrons. The van der Waals surface area contributed by atoms with Gasteiger partial charge in [0.1, 0.15) is 11.6 Å². The van der Waals surface area contributed by atoms with Gasteiger partial charge in [-0.25, -0.2) is 11.1 Å². The summed E-state index contributed by atoms with van der Waals surface area (Å²) >= 11 is 0. The topological polar surface area (TPSA) is 47.0 Å². The Hall–Kier alpha value is -4.24. The first-order valence-corrected chi connectivity index (χ1v) is 21.1. The van der Waals surface area contributed by atoms with Crippen LogP contribution in [0.4, 0.5) is 0 Å². The van der Waals surface area contributed by atoms with E-state index in [1.54, 1.807) is 0 Å². The number of pyridine rings is 1. The van der Waals surface area contributed by atoms with E-state index >= 15 is 0 Å². The Morgan fingerprint density at radius 3 is 1.53 bits per heavy atom. The summed E-state index contributed by atoms with van der Waals surface area (Å²) in [4.78, 5) is 28.1.